The second-order valence-electron chi connectivity index (χ2n) is 5.25. The van der Waals surface area contributed by atoms with Crippen molar-refractivity contribution in [1.29, 1.82) is 0 Å². The fourth-order valence-electron chi connectivity index (χ4n) is 1.84. The number of aryl methyl sites for hydroxylation is 2. The number of pyridine rings is 1. The molecule has 120 valence electrons. The van der Waals surface area contributed by atoms with Crippen LogP contribution in [-0.4, -0.2) is 35.3 Å². The molecule has 0 atom stereocenters. The van der Waals surface area contributed by atoms with Crippen molar-refractivity contribution in [1.82, 2.24) is 9.88 Å². The molecule has 0 aliphatic heterocycles. The maximum atomic E-state index is 12.0. The Bertz CT molecular complexity index is 717. The molecule has 0 spiro atoms. The Morgan fingerprint density at radius 3 is 2.65 bits per heavy atom. The number of nitrogens with zero attached hydrogens (tertiary/aromatic N) is 2. The molecule has 0 saturated heterocycles. The molecule has 0 aromatic carbocycles. The molecule has 23 heavy (non-hydrogen) atoms. The number of hydrogen-bond donors (Lipinski definition) is 1. The Morgan fingerprint density at radius 2 is 2.04 bits per heavy atom. The number of amides is 2. The van der Waals surface area contributed by atoms with Gasteiger partial charge >= 0.3 is 0 Å². The maximum absolute atomic E-state index is 12.0. The highest BCUT2D eigenvalue weighted by Crippen LogP contribution is 2.08. The van der Waals surface area contributed by atoms with Crippen LogP contribution in [0.25, 0.3) is 6.08 Å². The van der Waals surface area contributed by atoms with E-state index >= 15 is 0 Å². The largest absolute Gasteiger partial charge is 0.462 e. The number of furan rings is 1. The van der Waals surface area contributed by atoms with E-state index in [1.165, 1.54) is 11.0 Å². The summed E-state index contributed by atoms with van der Waals surface area (Å²) in [5.74, 6) is 1.24. The Kier molecular flexibility index (Phi) is 5.30. The molecule has 2 aromatic heterocycles. The van der Waals surface area contributed by atoms with Crippen LogP contribution in [0.1, 0.15) is 17.1 Å². The summed E-state index contributed by atoms with van der Waals surface area (Å²) in [5, 5.41) is 2.65. The normalized spacial score (nSPS) is 10.7. The molecular formula is C17H19N3O3. The van der Waals surface area contributed by atoms with Gasteiger partial charge in [0, 0.05) is 19.3 Å². The minimum atomic E-state index is -0.306. The number of rotatable bonds is 5. The SMILES string of the molecule is Cc1ccc(NC(=O)CN(C)C(=O)/C=C/c2ccc(C)o2)nc1. The number of likely N-dealkylation sites (N-methyl/N-ethyl adjacent to an activating group) is 1. The molecule has 2 heterocycles. The van der Waals surface area contributed by atoms with E-state index in [1.54, 1.807) is 31.5 Å². The molecule has 6 nitrogen and oxygen atoms in total. The topological polar surface area (TPSA) is 75.4 Å². The smallest absolute Gasteiger partial charge is 0.246 e. The number of carbonyl (C=O) groups excluding carboxylic acids is 2. The van der Waals surface area contributed by atoms with Gasteiger partial charge in [-0.3, -0.25) is 9.59 Å². The Hall–Kier alpha value is -2.89. The van der Waals surface area contributed by atoms with Gasteiger partial charge < -0.3 is 14.6 Å². The van der Waals surface area contributed by atoms with Gasteiger partial charge in [-0.15, -0.1) is 0 Å². The van der Waals surface area contributed by atoms with E-state index in [-0.39, 0.29) is 18.4 Å². The third kappa shape index (κ3) is 5.10. The first kappa shape index (κ1) is 16.5. The zero-order valence-corrected chi connectivity index (χ0v) is 13.4. The fraction of sp³-hybridized carbons (Fsp3) is 0.235. The molecule has 2 amide bonds. The van der Waals surface area contributed by atoms with Gasteiger partial charge in [-0.1, -0.05) is 6.07 Å². The second-order valence-corrected chi connectivity index (χ2v) is 5.25. The lowest BCUT2D eigenvalue weighted by Gasteiger charge is -2.14. The first-order valence-electron chi connectivity index (χ1n) is 7.16. The number of nitrogens with one attached hydrogen (secondary N) is 1. The van der Waals surface area contributed by atoms with Crippen molar-refractivity contribution in [2.75, 3.05) is 18.9 Å². The summed E-state index contributed by atoms with van der Waals surface area (Å²) in [6.45, 7) is 3.68. The summed E-state index contributed by atoms with van der Waals surface area (Å²) in [5.41, 5.74) is 1.01. The van der Waals surface area contributed by atoms with Crippen LogP contribution < -0.4 is 5.32 Å². The van der Waals surface area contributed by atoms with Gasteiger partial charge in [-0.05, 0) is 43.7 Å². The summed E-state index contributed by atoms with van der Waals surface area (Å²) in [6.07, 6.45) is 4.61. The van der Waals surface area contributed by atoms with Gasteiger partial charge in [-0.2, -0.15) is 0 Å². The van der Waals surface area contributed by atoms with E-state index in [9.17, 15) is 9.59 Å². The van der Waals surface area contributed by atoms with Crippen LogP contribution in [0, 0.1) is 13.8 Å². The average molecular weight is 313 g/mol. The van der Waals surface area contributed by atoms with Crippen molar-refractivity contribution in [3.05, 3.63) is 53.6 Å². The van der Waals surface area contributed by atoms with Gasteiger partial charge in [0.15, 0.2) is 0 Å². The molecule has 2 aromatic rings. The molecular weight excluding hydrogens is 294 g/mol. The molecule has 0 unspecified atom stereocenters. The molecule has 0 saturated carbocycles. The zero-order chi connectivity index (χ0) is 16.8. The van der Waals surface area contributed by atoms with Gasteiger partial charge in [0.2, 0.25) is 11.8 Å². The van der Waals surface area contributed by atoms with E-state index in [1.807, 2.05) is 26.0 Å². The maximum Gasteiger partial charge on any atom is 0.246 e. The molecule has 6 heteroatoms. The molecule has 1 N–H and O–H groups in total. The van der Waals surface area contributed by atoms with Crippen molar-refractivity contribution >= 4 is 23.7 Å². The average Bonchev–Trinajstić information content (AvgIpc) is 2.92. The third-order valence-corrected chi connectivity index (χ3v) is 3.09. The van der Waals surface area contributed by atoms with Crippen molar-refractivity contribution < 1.29 is 14.0 Å². The monoisotopic (exact) mass is 313 g/mol. The molecule has 0 aliphatic rings. The van der Waals surface area contributed by atoms with E-state index in [4.69, 9.17) is 4.42 Å². The minimum absolute atomic E-state index is 0.0596. The Morgan fingerprint density at radius 1 is 1.26 bits per heavy atom. The van der Waals surface area contributed by atoms with Gasteiger partial charge in [-0.25, -0.2) is 4.98 Å². The van der Waals surface area contributed by atoms with Crippen LogP contribution in [0.3, 0.4) is 0 Å². The Balaban J connectivity index is 1.86. The lowest BCUT2D eigenvalue weighted by atomic mass is 10.3. The highest BCUT2D eigenvalue weighted by Gasteiger charge is 2.11. The lowest BCUT2D eigenvalue weighted by molar-refractivity contribution is -0.129. The van der Waals surface area contributed by atoms with Crippen LogP contribution in [0.5, 0.6) is 0 Å². The van der Waals surface area contributed by atoms with E-state index in [2.05, 4.69) is 10.3 Å². The lowest BCUT2D eigenvalue weighted by Crippen LogP contribution is -2.34. The van der Waals surface area contributed by atoms with Gasteiger partial charge in [0.05, 0.1) is 6.54 Å². The quantitative estimate of drug-likeness (QED) is 0.860. The van der Waals surface area contributed by atoms with Crippen molar-refractivity contribution in [2.24, 2.45) is 0 Å². The van der Waals surface area contributed by atoms with E-state index in [0.717, 1.165) is 11.3 Å². The summed E-state index contributed by atoms with van der Waals surface area (Å²) >= 11 is 0. The highest BCUT2D eigenvalue weighted by atomic mass is 16.3. The summed E-state index contributed by atoms with van der Waals surface area (Å²) < 4.78 is 5.34. The van der Waals surface area contributed by atoms with Crippen LogP contribution in [-0.2, 0) is 9.59 Å². The summed E-state index contributed by atoms with van der Waals surface area (Å²) in [4.78, 5) is 29.3. The van der Waals surface area contributed by atoms with Crippen LogP contribution in [0.15, 0.2) is 41.0 Å². The van der Waals surface area contributed by atoms with Crippen LogP contribution in [0.4, 0.5) is 5.82 Å². The first-order chi connectivity index (χ1) is 10.9. The van der Waals surface area contributed by atoms with E-state index in [0.29, 0.717) is 11.6 Å². The molecule has 0 aliphatic carbocycles. The molecule has 2 rings (SSSR count). The number of hydrogen-bond acceptors (Lipinski definition) is 4. The van der Waals surface area contributed by atoms with Crippen molar-refractivity contribution in [3.8, 4) is 0 Å². The standard InChI is InChI=1S/C17H19N3O3/c1-12-4-8-15(18-10-12)19-16(21)11-20(3)17(22)9-7-14-6-5-13(2)23-14/h4-10H,11H2,1-3H3,(H,18,19,21)/b9-7+. The number of carbonyl (C=O) groups is 2. The summed E-state index contributed by atoms with van der Waals surface area (Å²) in [7, 11) is 1.56. The van der Waals surface area contributed by atoms with Crippen molar-refractivity contribution in [2.45, 2.75) is 13.8 Å². The molecule has 0 fully saturated rings. The molecule has 0 radical (unpaired) electrons. The van der Waals surface area contributed by atoms with Crippen LogP contribution >= 0.6 is 0 Å². The van der Waals surface area contributed by atoms with Gasteiger partial charge in [0.1, 0.15) is 17.3 Å². The second kappa shape index (κ2) is 7.40. The predicted octanol–water partition coefficient (Wildman–Crippen LogP) is 2.40. The van der Waals surface area contributed by atoms with Crippen molar-refractivity contribution in [3.63, 3.8) is 0 Å². The van der Waals surface area contributed by atoms with E-state index < -0.39 is 0 Å². The number of anilines is 1. The molecule has 0 bridgehead atoms. The Labute approximate surface area is 134 Å². The highest BCUT2D eigenvalue weighted by molar-refractivity contribution is 5.97. The predicted molar refractivity (Wildman–Crippen MR) is 87.7 cm³/mol. The number of aromatic nitrogens is 1. The van der Waals surface area contributed by atoms with Crippen LogP contribution in [0.2, 0.25) is 0 Å². The summed E-state index contributed by atoms with van der Waals surface area (Å²) in [6, 6.07) is 7.16. The third-order valence-electron chi connectivity index (χ3n) is 3.09. The first-order valence-corrected chi connectivity index (χ1v) is 7.16. The minimum Gasteiger partial charge on any atom is -0.462 e. The zero-order valence-electron chi connectivity index (χ0n) is 13.4. The van der Waals surface area contributed by atoms with Gasteiger partial charge in [0.25, 0.3) is 0 Å². The fourth-order valence-corrected chi connectivity index (χ4v) is 1.84.